The highest BCUT2D eigenvalue weighted by molar-refractivity contribution is 6.02. The van der Waals surface area contributed by atoms with Crippen LogP contribution in [0.2, 0.25) is 0 Å². The Morgan fingerprint density at radius 3 is 2.79 bits per heavy atom. The topological polar surface area (TPSA) is 89.0 Å². The second-order valence-corrected chi connectivity index (χ2v) is 5.97. The molecule has 3 rings (SSSR count). The van der Waals surface area contributed by atoms with E-state index in [9.17, 15) is 8.78 Å². The lowest BCUT2D eigenvalue weighted by Gasteiger charge is -2.11. The number of rotatable bonds is 5. The van der Waals surface area contributed by atoms with Crippen LogP contribution in [0.25, 0.3) is 11.5 Å². The number of hydrogen-bond acceptors (Lipinski definition) is 6. The van der Waals surface area contributed by atoms with Gasteiger partial charge in [-0.1, -0.05) is 6.07 Å². The van der Waals surface area contributed by atoms with Crippen molar-refractivity contribution < 1.29 is 13.5 Å². The van der Waals surface area contributed by atoms with Crippen LogP contribution in [0.3, 0.4) is 0 Å². The van der Waals surface area contributed by atoms with E-state index >= 15 is 0 Å². The highest BCUT2D eigenvalue weighted by Crippen LogP contribution is 2.19. The summed E-state index contributed by atoms with van der Waals surface area (Å²) < 4.78 is 32.0. The molecule has 9 heteroatoms. The summed E-state index contributed by atoms with van der Waals surface area (Å²) in [6.07, 6.45) is 5.55. The molecule has 0 aliphatic rings. The minimum Gasteiger partial charge on any atom is -0.419 e. The first kappa shape index (κ1) is 19.3. The van der Waals surface area contributed by atoms with Crippen LogP contribution in [0.5, 0.6) is 0 Å². The Balaban J connectivity index is 1.89. The van der Waals surface area contributed by atoms with E-state index in [0.29, 0.717) is 23.6 Å². The minimum atomic E-state index is -3.01. The van der Waals surface area contributed by atoms with E-state index in [0.717, 1.165) is 11.1 Å². The Kier molecular flexibility index (Phi) is 5.83. The van der Waals surface area contributed by atoms with Crippen molar-refractivity contribution in [1.82, 2.24) is 19.5 Å². The SMILES string of the molecule is C/N=C(\OC(=N)C(F)F)c1ccnc(-c2nccn2Cc2cncc(C)c2)c1. The zero-order valence-corrected chi connectivity index (χ0v) is 15.3. The minimum absolute atomic E-state index is 0.0880. The predicted molar refractivity (Wildman–Crippen MR) is 101 cm³/mol. The Bertz CT molecular complexity index is 1010. The molecule has 0 aliphatic heterocycles. The van der Waals surface area contributed by atoms with Crippen LogP contribution in [-0.4, -0.2) is 44.8 Å². The molecule has 0 saturated heterocycles. The third-order valence-electron chi connectivity index (χ3n) is 3.84. The fourth-order valence-corrected chi connectivity index (χ4v) is 2.64. The molecule has 0 amide bonds. The summed E-state index contributed by atoms with van der Waals surface area (Å²) in [4.78, 5) is 16.7. The summed E-state index contributed by atoms with van der Waals surface area (Å²) in [7, 11) is 1.40. The first-order valence-electron chi connectivity index (χ1n) is 8.37. The normalized spacial score (nSPS) is 11.7. The fraction of sp³-hybridized carbons (Fsp3) is 0.211. The van der Waals surface area contributed by atoms with Gasteiger partial charge in [-0.15, -0.1) is 0 Å². The van der Waals surface area contributed by atoms with Crippen molar-refractivity contribution in [3.63, 3.8) is 0 Å². The van der Waals surface area contributed by atoms with Crippen LogP contribution in [0.1, 0.15) is 16.7 Å². The zero-order valence-electron chi connectivity index (χ0n) is 15.3. The van der Waals surface area contributed by atoms with Crippen LogP contribution in [0.4, 0.5) is 8.78 Å². The van der Waals surface area contributed by atoms with Gasteiger partial charge < -0.3 is 9.30 Å². The second-order valence-electron chi connectivity index (χ2n) is 5.97. The molecule has 3 heterocycles. The molecule has 0 saturated carbocycles. The molecule has 28 heavy (non-hydrogen) atoms. The van der Waals surface area contributed by atoms with Gasteiger partial charge >= 0.3 is 6.43 Å². The Morgan fingerprint density at radius 1 is 1.25 bits per heavy atom. The van der Waals surface area contributed by atoms with E-state index < -0.39 is 12.3 Å². The maximum atomic E-state index is 12.6. The number of hydrogen-bond donors (Lipinski definition) is 1. The number of imidazole rings is 1. The number of nitrogens with zero attached hydrogens (tertiary/aromatic N) is 5. The third-order valence-corrected chi connectivity index (χ3v) is 3.84. The molecule has 144 valence electrons. The molecule has 0 aliphatic carbocycles. The summed E-state index contributed by atoms with van der Waals surface area (Å²) in [5, 5.41) is 7.20. The molecule has 3 aromatic heterocycles. The van der Waals surface area contributed by atoms with Gasteiger partial charge in [0.05, 0.1) is 6.54 Å². The molecular weight excluding hydrogens is 366 g/mol. The van der Waals surface area contributed by atoms with Gasteiger partial charge in [0.2, 0.25) is 5.90 Å². The van der Waals surface area contributed by atoms with Gasteiger partial charge in [-0.2, -0.15) is 8.78 Å². The van der Waals surface area contributed by atoms with Crippen molar-refractivity contribution in [2.24, 2.45) is 4.99 Å². The first-order valence-corrected chi connectivity index (χ1v) is 8.37. The molecule has 0 atom stereocenters. The number of ether oxygens (including phenoxy) is 1. The Labute approximate surface area is 160 Å². The van der Waals surface area contributed by atoms with Crippen molar-refractivity contribution in [2.75, 3.05) is 7.05 Å². The Hall–Kier alpha value is -3.49. The highest BCUT2D eigenvalue weighted by Gasteiger charge is 2.18. The van der Waals surface area contributed by atoms with Crippen LogP contribution in [0.15, 0.2) is 54.2 Å². The fourth-order valence-electron chi connectivity index (χ4n) is 2.64. The first-order chi connectivity index (χ1) is 13.5. The molecular formula is C19H18F2N6O. The van der Waals surface area contributed by atoms with E-state index in [1.807, 2.05) is 23.8 Å². The lowest BCUT2D eigenvalue weighted by molar-refractivity contribution is 0.198. The monoisotopic (exact) mass is 384 g/mol. The van der Waals surface area contributed by atoms with E-state index in [-0.39, 0.29) is 5.90 Å². The third kappa shape index (κ3) is 4.43. The summed E-state index contributed by atoms with van der Waals surface area (Å²) in [5.41, 5.74) is 3.02. The van der Waals surface area contributed by atoms with Crippen molar-refractivity contribution in [1.29, 1.82) is 5.41 Å². The van der Waals surface area contributed by atoms with Crippen molar-refractivity contribution in [3.05, 3.63) is 65.9 Å². The summed E-state index contributed by atoms with van der Waals surface area (Å²) in [6.45, 7) is 2.52. The predicted octanol–water partition coefficient (Wildman–Crippen LogP) is 3.33. The van der Waals surface area contributed by atoms with Crippen molar-refractivity contribution in [3.8, 4) is 11.5 Å². The zero-order chi connectivity index (χ0) is 20.1. The van der Waals surface area contributed by atoms with Gasteiger partial charge in [-0.3, -0.25) is 20.4 Å². The standard InChI is InChI=1S/C19H18F2N6O/c1-12-7-13(10-24-9-12)11-27-6-5-26-18(27)15-8-14(3-4-25-15)19(23-2)28-17(22)16(20)21/h3-10,16,22H,11H2,1-2H3/b22-17?,23-19-. The van der Waals surface area contributed by atoms with Crippen LogP contribution < -0.4 is 0 Å². The molecule has 1 N–H and O–H groups in total. The molecule has 7 nitrogen and oxygen atoms in total. The summed E-state index contributed by atoms with van der Waals surface area (Å²) in [5.74, 6) is -0.648. The molecule has 0 spiro atoms. The summed E-state index contributed by atoms with van der Waals surface area (Å²) >= 11 is 0. The quantitative estimate of drug-likeness (QED) is 0.540. The van der Waals surface area contributed by atoms with Crippen LogP contribution in [-0.2, 0) is 11.3 Å². The van der Waals surface area contributed by atoms with Gasteiger partial charge in [0.25, 0.3) is 5.90 Å². The Morgan fingerprint density at radius 2 is 2.07 bits per heavy atom. The number of pyridine rings is 2. The molecule has 0 radical (unpaired) electrons. The molecule has 0 aromatic carbocycles. The van der Waals surface area contributed by atoms with Crippen molar-refractivity contribution in [2.45, 2.75) is 19.9 Å². The number of halogens is 2. The van der Waals surface area contributed by atoms with Gasteiger partial charge in [0.1, 0.15) is 5.69 Å². The van der Waals surface area contributed by atoms with E-state index in [4.69, 9.17) is 10.1 Å². The van der Waals surface area contributed by atoms with Gasteiger partial charge in [0, 0.05) is 43.6 Å². The van der Waals surface area contributed by atoms with E-state index in [1.165, 1.54) is 13.2 Å². The highest BCUT2D eigenvalue weighted by atomic mass is 19.3. The average molecular weight is 384 g/mol. The van der Waals surface area contributed by atoms with Gasteiger partial charge in [-0.25, -0.2) is 4.98 Å². The lowest BCUT2D eigenvalue weighted by atomic mass is 10.2. The molecule has 0 bridgehead atoms. The number of alkyl halides is 2. The maximum absolute atomic E-state index is 12.6. The number of aryl methyl sites for hydroxylation is 1. The van der Waals surface area contributed by atoms with Crippen LogP contribution in [0, 0.1) is 12.3 Å². The smallest absolute Gasteiger partial charge is 0.312 e. The second kappa shape index (κ2) is 8.47. The van der Waals surface area contributed by atoms with Crippen LogP contribution >= 0.6 is 0 Å². The van der Waals surface area contributed by atoms with E-state index in [2.05, 4.69) is 19.9 Å². The summed E-state index contributed by atoms with van der Waals surface area (Å²) in [6, 6.07) is 5.24. The molecule has 0 fully saturated rings. The number of aliphatic imine (C=N–C) groups is 1. The molecule has 3 aromatic rings. The largest absolute Gasteiger partial charge is 0.419 e. The van der Waals surface area contributed by atoms with Gasteiger partial charge in [0.15, 0.2) is 5.82 Å². The number of aromatic nitrogens is 4. The average Bonchev–Trinajstić information content (AvgIpc) is 3.14. The number of nitrogens with one attached hydrogen (secondary N) is 1. The molecule has 0 unspecified atom stereocenters. The lowest BCUT2D eigenvalue weighted by Crippen LogP contribution is -2.19. The van der Waals surface area contributed by atoms with E-state index in [1.54, 1.807) is 30.7 Å². The van der Waals surface area contributed by atoms with Gasteiger partial charge in [-0.05, 0) is 30.2 Å². The van der Waals surface area contributed by atoms with Crippen molar-refractivity contribution >= 4 is 11.8 Å². The maximum Gasteiger partial charge on any atom is 0.312 e.